The van der Waals surface area contributed by atoms with Gasteiger partial charge in [-0.05, 0) is 34.1 Å². The lowest BCUT2D eigenvalue weighted by Crippen LogP contribution is -2.41. The first-order chi connectivity index (χ1) is 8.90. The van der Waals surface area contributed by atoms with E-state index in [0.717, 1.165) is 0 Å². The number of aliphatic hydroxyl groups is 1. The van der Waals surface area contributed by atoms with E-state index in [0.29, 0.717) is 37.5 Å². The van der Waals surface area contributed by atoms with Crippen molar-refractivity contribution >= 4 is 5.91 Å². The number of carbonyl (C=O) groups is 1. The second kappa shape index (κ2) is 7.23. The summed E-state index contributed by atoms with van der Waals surface area (Å²) in [5, 5.41) is 13.1. The molecule has 1 amide bonds. The molecule has 0 aliphatic carbocycles. The first-order valence-electron chi connectivity index (χ1n) is 6.67. The molecule has 0 radical (unpaired) electrons. The highest BCUT2D eigenvalue weighted by Gasteiger charge is 2.18. The highest BCUT2D eigenvalue weighted by molar-refractivity contribution is 5.76. The summed E-state index contributed by atoms with van der Waals surface area (Å²) in [7, 11) is 0. The number of aliphatic hydroxyl groups excluding tert-OH is 1. The van der Waals surface area contributed by atoms with E-state index < -0.39 is 6.10 Å². The van der Waals surface area contributed by atoms with E-state index in [2.05, 4.69) is 10.1 Å². The number of hydrogen-bond acceptors (Lipinski definition) is 5. The molecule has 1 rings (SSSR count). The van der Waals surface area contributed by atoms with E-state index in [-0.39, 0.29) is 11.9 Å². The van der Waals surface area contributed by atoms with Gasteiger partial charge in [0.05, 0.1) is 6.10 Å². The SMILES string of the molecule is Cc1noc(CCCC(=O)N(CC(C)O)C(C)C)n1. The summed E-state index contributed by atoms with van der Waals surface area (Å²) in [4.78, 5) is 17.9. The second-order valence-corrected chi connectivity index (χ2v) is 5.08. The van der Waals surface area contributed by atoms with Crippen LogP contribution in [-0.4, -0.2) is 44.7 Å². The van der Waals surface area contributed by atoms with Gasteiger partial charge in [0.25, 0.3) is 0 Å². The Balaban J connectivity index is 2.39. The average molecular weight is 269 g/mol. The Morgan fingerprint density at radius 1 is 1.42 bits per heavy atom. The van der Waals surface area contributed by atoms with Crippen molar-refractivity contribution in [3.8, 4) is 0 Å². The zero-order valence-electron chi connectivity index (χ0n) is 12.1. The average Bonchev–Trinajstić information content (AvgIpc) is 2.71. The Kier molecular flexibility index (Phi) is 5.95. The molecular weight excluding hydrogens is 246 g/mol. The van der Waals surface area contributed by atoms with Crippen LogP contribution < -0.4 is 0 Å². The summed E-state index contributed by atoms with van der Waals surface area (Å²) in [5.41, 5.74) is 0. The van der Waals surface area contributed by atoms with Gasteiger partial charge in [-0.3, -0.25) is 4.79 Å². The number of carbonyl (C=O) groups excluding carboxylic acids is 1. The molecule has 108 valence electrons. The number of amides is 1. The smallest absolute Gasteiger partial charge is 0.226 e. The molecule has 6 heteroatoms. The van der Waals surface area contributed by atoms with Crippen LogP contribution in [0.1, 0.15) is 45.3 Å². The molecular formula is C13H23N3O3. The van der Waals surface area contributed by atoms with E-state index in [1.165, 1.54) is 0 Å². The van der Waals surface area contributed by atoms with Crippen molar-refractivity contribution in [1.29, 1.82) is 0 Å². The Morgan fingerprint density at radius 2 is 2.11 bits per heavy atom. The molecule has 0 aromatic carbocycles. The minimum atomic E-state index is -0.509. The maximum absolute atomic E-state index is 12.1. The number of nitrogens with zero attached hydrogens (tertiary/aromatic N) is 3. The van der Waals surface area contributed by atoms with Crippen LogP contribution in [-0.2, 0) is 11.2 Å². The first kappa shape index (κ1) is 15.6. The molecule has 0 aliphatic rings. The third kappa shape index (κ3) is 5.38. The van der Waals surface area contributed by atoms with Gasteiger partial charge in [0, 0.05) is 25.4 Å². The minimum Gasteiger partial charge on any atom is -0.392 e. The van der Waals surface area contributed by atoms with Crippen LogP contribution in [0.4, 0.5) is 0 Å². The highest BCUT2D eigenvalue weighted by Crippen LogP contribution is 2.08. The maximum Gasteiger partial charge on any atom is 0.226 e. The van der Waals surface area contributed by atoms with E-state index in [1.54, 1.807) is 18.7 Å². The molecule has 0 aliphatic heterocycles. The summed E-state index contributed by atoms with van der Waals surface area (Å²) in [6.45, 7) is 7.71. The van der Waals surface area contributed by atoms with Crippen molar-refractivity contribution in [2.45, 2.75) is 59.1 Å². The number of aromatic nitrogens is 2. The second-order valence-electron chi connectivity index (χ2n) is 5.08. The largest absolute Gasteiger partial charge is 0.392 e. The van der Waals surface area contributed by atoms with Crippen LogP contribution in [0.3, 0.4) is 0 Å². The van der Waals surface area contributed by atoms with Crippen LogP contribution in [0.15, 0.2) is 4.52 Å². The van der Waals surface area contributed by atoms with E-state index in [1.807, 2.05) is 13.8 Å². The molecule has 1 aromatic rings. The number of aryl methyl sites for hydroxylation is 2. The molecule has 1 aromatic heterocycles. The fourth-order valence-electron chi connectivity index (χ4n) is 1.86. The Bertz CT molecular complexity index is 402. The van der Waals surface area contributed by atoms with Crippen molar-refractivity contribution in [2.75, 3.05) is 6.54 Å². The van der Waals surface area contributed by atoms with Gasteiger partial charge >= 0.3 is 0 Å². The lowest BCUT2D eigenvalue weighted by Gasteiger charge is -2.28. The topological polar surface area (TPSA) is 79.5 Å². The van der Waals surface area contributed by atoms with Crippen LogP contribution in [0.25, 0.3) is 0 Å². The standard InChI is InChI=1S/C13H23N3O3/c1-9(2)16(8-10(3)17)13(18)7-5-6-12-14-11(4)15-19-12/h9-10,17H,5-8H2,1-4H3. The zero-order valence-corrected chi connectivity index (χ0v) is 12.1. The van der Waals surface area contributed by atoms with Crippen LogP contribution in [0, 0.1) is 6.92 Å². The zero-order chi connectivity index (χ0) is 14.4. The quantitative estimate of drug-likeness (QED) is 0.807. The molecule has 1 atom stereocenters. The lowest BCUT2D eigenvalue weighted by molar-refractivity contribution is -0.134. The summed E-state index contributed by atoms with van der Waals surface area (Å²) in [6.07, 6.45) is 1.19. The van der Waals surface area contributed by atoms with Gasteiger partial charge in [0.1, 0.15) is 0 Å². The molecule has 1 unspecified atom stereocenters. The van der Waals surface area contributed by atoms with Crippen LogP contribution >= 0.6 is 0 Å². The van der Waals surface area contributed by atoms with Gasteiger partial charge in [0.15, 0.2) is 5.82 Å². The first-order valence-corrected chi connectivity index (χ1v) is 6.67. The Hall–Kier alpha value is -1.43. The summed E-state index contributed by atoms with van der Waals surface area (Å²) < 4.78 is 4.99. The van der Waals surface area contributed by atoms with Gasteiger partial charge in [-0.15, -0.1) is 0 Å². The molecule has 0 saturated carbocycles. The fraction of sp³-hybridized carbons (Fsp3) is 0.769. The molecule has 0 bridgehead atoms. The van der Waals surface area contributed by atoms with Gasteiger partial charge in [0.2, 0.25) is 11.8 Å². The molecule has 19 heavy (non-hydrogen) atoms. The third-order valence-electron chi connectivity index (χ3n) is 2.76. The predicted molar refractivity (Wildman–Crippen MR) is 70.5 cm³/mol. The van der Waals surface area contributed by atoms with E-state index in [9.17, 15) is 9.90 Å². The lowest BCUT2D eigenvalue weighted by atomic mass is 10.2. The summed E-state index contributed by atoms with van der Waals surface area (Å²) in [6, 6.07) is 0.0905. The Morgan fingerprint density at radius 3 is 2.58 bits per heavy atom. The Labute approximate surface area is 113 Å². The summed E-state index contributed by atoms with van der Waals surface area (Å²) >= 11 is 0. The van der Waals surface area contributed by atoms with Gasteiger partial charge < -0.3 is 14.5 Å². The molecule has 0 spiro atoms. The summed E-state index contributed by atoms with van der Waals surface area (Å²) in [5.74, 6) is 1.23. The van der Waals surface area contributed by atoms with Crippen LogP contribution in [0.5, 0.6) is 0 Å². The number of rotatable bonds is 7. The third-order valence-corrected chi connectivity index (χ3v) is 2.76. The predicted octanol–water partition coefficient (Wildman–Crippen LogP) is 1.32. The fourth-order valence-corrected chi connectivity index (χ4v) is 1.86. The molecule has 1 N–H and O–H groups in total. The number of hydrogen-bond donors (Lipinski definition) is 1. The molecule has 6 nitrogen and oxygen atoms in total. The van der Waals surface area contributed by atoms with Gasteiger partial charge in [-0.1, -0.05) is 5.16 Å². The van der Waals surface area contributed by atoms with Crippen molar-refractivity contribution in [2.24, 2.45) is 0 Å². The maximum atomic E-state index is 12.1. The normalized spacial score (nSPS) is 12.7. The van der Waals surface area contributed by atoms with E-state index >= 15 is 0 Å². The van der Waals surface area contributed by atoms with Crippen LogP contribution in [0.2, 0.25) is 0 Å². The van der Waals surface area contributed by atoms with Crippen molar-refractivity contribution in [3.05, 3.63) is 11.7 Å². The molecule has 1 heterocycles. The molecule has 0 saturated heterocycles. The highest BCUT2D eigenvalue weighted by atomic mass is 16.5. The van der Waals surface area contributed by atoms with Crippen molar-refractivity contribution < 1.29 is 14.4 Å². The van der Waals surface area contributed by atoms with Gasteiger partial charge in [-0.25, -0.2) is 0 Å². The molecule has 0 fully saturated rings. The van der Waals surface area contributed by atoms with Crippen molar-refractivity contribution in [3.63, 3.8) is 0 Å². The monoisotopic (exact) mass is 269 g/mol. The van der Waals surface area contributed by atoms with Gasteiger partial charge in [-0.2, -0.15) is 4.98 Å². The van der Waals surface area contributed by atoms with Crippen molar-refractivity contribution in [1.82, 2.24) is 15.0 Å². The van der Waals surface area contributed by atoms with E-state index in [4.69, 9.17) is 4.52 Å². The minimum absolute atomic E-state index is 0.0483.